The first-order chi connectivity index (χ1) is 13.5. The molecule has 3 rings (SSSR count). The van der Waals surface area contributed by atoms with Crippen LogP contribution < -0.4 is 10.2 Å². The first-order valence-electron chi connectivity index (χ1n) is 9.55. The van der Waals surface area contributed by atoms with Gasteiger partial charge < -0.3 is 10.2 Å². The number of nitrogens with zero attached hydrogens (tertiary/aromatic N) is 4. The summed E-state index contributed by atoms with van der Waals surface area (Å²) in [6.07, 6.45) is 0.873. The molecule has 0 fully saturated rings. The van der Waals surface area contributed by atoms with E-state index in [1.165, 1.54) is 5.69 Å². The van der Waals surface area contributed by atoms with Crippen LogP contribution in [0, 0.1) is 13.8 Å². The molecule has 0 aliphatic heterocycles. The monoisotopic (exact) mass is 377 g/mol. The van der Waals surface area contributed by atoms with E-state index < -0.39 is 0 Å². The van der Waals surface area contributed by atoms with Crippen LogP contribution in [-0.4, -0.2) is 40.8 Å². The van der Waals surface area contributed by atoms with E-state index >= 15 is 0 Å². The maximum Gasteiger partial charge on any atom is 0.241 e. The Labute approximate surface area is 166 Å². The third-order valence-electron chi connectivity index (χ3n) is 4.65. The number of benzene rings is 2. The minimum absolute atomic E-state index is 0.0536. The Balaban J connectivity index is 1.52. The number of hydrogen-bond acceptors (Lipinski definition) is 4. The van der Waals surface area contributed by atoms with E-state index in [4.69, 9.17) is 0 Å². The Kier molecular flexibility index (Phi) is 6.42. The standard InChI is InChI=1S/C22H27N5O/c1-17-10-7-8-13-20(17)22-24-18(2)25-27(22)16-21(28)23-14-9-15-26(3)19-11-5-4-6-12-19/h4-8,10-13H,9,14-16H2,1-3H3,(H,23,28). The summed E-state index contributed by atoms with van der Waals surface area (Å²) in [5.74, 6) is 1.34. The number of anilines is 1. The second-order valence-electron chi connectivity index (χ2n) is 6.92. The molecule has 6 heteroatoms. The highest BCUT2D eigenvalue weighted by atomic mass is 16.2. The average molecular weight is 377 g/mol. The molecule has 0 aliphatic rings. The SMILES string of the molecule is Cc1nc(-c2ccccc2C)n(CC(=O)NCCCN(C)c2ccccc2)n1. The summed E-state index contributed by atoms with van der Waals surface area (Å²) >= 11 is 0. The normalized spacial score (nSPS) is 10.7. The zero-order chi connectivity index (χ0) is 19.9. The smallest absolute Gasteiger partial charge is 0.241 e. The number of carbonyl (C=O) groups excluding carboxylic acids is 1. The number of aryl methyl sites for hydroxylation is 2. The Bertz CT molecular complexity index is 920. The molecule has 1 heterocycles. The molecule has 0 unspecified atom stereocenters. The Morgan fingerprint density at radius 3 is 2.54 bits per heavy atom. The molecule has 2 aromatic carbocycles. The molecular formula is C22H27N5O. The summed E-state index contributed by atoms with van der Waals surface area (Å²) < 4.78 is 1.68. The quantitative estimate of drug-likeness (QED) is 0.613. The molecule has 146 valence electrons. The molecule has 0 radical (unpaired) electrons. The van der Waals surface area contributed by atoms with Crippen LogP contribution >= 0.6 is 0 Å². The van der Waals surface area contributed by atoms with Crippen LogP contribution in [-0.2, 0) is 11.3 Å². The summed E-state index contributed by atoms with van der Waals surface area (Å²) in [4.78, 5) is 19.1. The highest BCUT2D eigenvalue weighted by Gasteiger charge is 2.14. The van der Waals surface area contributed by atoms with Crippen LogP contribution in [0.3, 0.4) is 0 Å². The fraction of sp³-hybridized carbons (Fsp3) is 0.318. The van der Waals surface area contributed by atoms with E-state index in [2.05, 4.69) is 39.5 Å². The molecule has 28 heavy (non-hydrogen) atoms. The van der Waals surface area contributed by atoms with Gasteiger partial charge in [0.15, 0.2) is 5.82 Å². The number of rotatable bonds is 8. The van der Waals surface area contributed by atoms with Gasteiger partial charge in [-0.25, -0.2) is 9.67 Å². The second-order valence-corrected chi connectivity index (χ2v) is 6.92. The molecule has 0 bridgehead atoms. The number of nitrogens with one attached hydrogen (secondary N) is 1. The maximum absolute atomic E-state index is 12.4. The molecule has 0 atom stereocenters. The number of para-hydroxylation sites is 1. The van der Waals surface area contributed by atoms with Gasteiger partial charge in [0.05, 0.1) is 0 Å². The summed E-state index contributed by atoms with van der Waals surface area (Å²) in [6.45, 7) is 5.55. The summed E-state index contributed by atoms with van der Waals surface area (Å²) in [5, 5.41) is 7.39. The van der Waals surface area contributed by atoms with Gasteiger partial charge >= 0.3 is 0 Å². The molecule has 0 saturated heterocycles. The van der Waals surface area contributed by atoms with Crippen LogP contribution in [0.15, 0.2) is 54.6 Å². The van der Waals surface area contributed by atoms with Crippen molar-refractivity contribution < 1.29 is 4.79 Å². The summed E-state index contributed by atoms with van der Waals surface area (Å²) in [7, 11) is 2.06. The highest BCUT2D eigenvalue weighted by molar-refractivity contribution is 5.76. The highest BCUT2D eigenvalue weighted by Crippen LogP contribution is 2.21. The van der Waals surface area contributed by atoms with E-state index in [9.17, 15) is 4.79 Å². The van der Waals surface area contributed by atoms with Crippen molar-refractivity contribution in [1.82, 2.24) is 20.1 Å². The Morgan fingerprint density at radius 1 is 1.07 bits per heavy atom. The van der Waals surface area contributed by atoms with E-state index in [1.807, 2.05) is 56.3 Å². The molecule has 0 aliphatic carbocycles. The minimum atomic E-state index is -0.0536. The predicted octanol–water partition coefficient (Wildman–Crippen LogP) is 3.20. The van der Waals surface area contributed by atoms with Gasteiger partial charge in [0.25, 0.3) is 0 Å². The average Bonchev–Trinajstić information content (AvgIpc) is 3.06. The van der Waals surface area contributed by atoms with Gasteiger partial charge in [0, 0.05) is 31.4 Å². The van der Waals surface area contributed by atoms with Gasteiger partial charge in [-0.3, -0.25) is 4.79 Å². The van der Waals surface area contributed by atoms with E-state index in [1.54, 1.807) is 4.68 Å². The lowest BCUT2D eigenvalue weighted by Crippen LogP contribution is -2.31. The van der Waals surface area contributed by atoms with E-state index in [-0.39, 0.29) is 12.5 Å². The fourth-order valence-electron chi connectivity index (χ4n) is 3.14. The predicted molar refractivity (Wildman–Crippen MR) is 112 cm³/mol. The van der Waals surface area contributed by atoms with Crippen LogP contribution in [0.2, 0.25) is 0 Å². The third kappa shape index (κ3) is 4.97. The van der Waals surface area contributed by atoms with Crippen molar-refractivity contribution in [1.29, 1.82) is 0 Å². The zero-order valence-electron chi connectivity index (χ0n) is 16.7. The minimum Gasteiger partial charge on any atom is -0.375 e. The largest absolute Gasteiger partial charge is 0.375 e. The van der Waals surface area contributed by atoms with Crippen molar-refractivity contribution in [2.45, 2.75) is 26.8 Å². The van der Waals surface area contributed by atoms with Crippen molar-refractivity contribution in [2.75, 3.05) is 25.0 Å². The van der Waals surface area contributed by atoms with Crippen molar-refractivity contribution in [3.63, 3.8) is 0 Å². The Morgan fingerprint density at radius 2 is 1.79 bits per heavy atom. The number of aromatic nitrogens is 3. The van der Waals surface area contributed by atoms with Crippen LogP contribution in [0.5, 0.6) is 0 Å². The van der Waals surface area contributed by atoms with Gasteiger partial charge in [0.2, 0.25) is 5.91 Å². The van der Waals surface area contributed by atoms with Crippen LogP contribution in [0.4, 0.5) is 5.69 Å². The van der Waals surface area contributed by atoms with E-state index in [0.29, 0.717) is 12.4 Å². The van der Waals surface area contributed by atoms with Gasteiger partial charge in [0.1, 0.15) is 12.4 Å². The molecule has 1 N–H and O–H groups in total. The van der Waals surface area contributed by atoms with Crippen LogP contribution in [0.25, 0.3) is 11.4 Å². The van der Waals surface area contributed by atoms with Gasteiger partial charge in [-0.2, -0.15) is 5.10 Å². The third-order valence-corrected chi connectivity index (χ3v) is 4.65. The molecule has 0 saturated carbocycles. The number of carbonyl (C=O) groups is 1. The maximum atomic E-state index is 12.4. The lowest BCUT2D eigenvalue weighted by Gasteiger charge is -2.19. The van der Waals surface area contributed by atoms with Gasteiger partial charge in [-0.1, -0.05) is 42.5 Å². The van der Waals surface area contributed by atoms with Crippen LogP contribution in [0.1, 0.15) is 17.8 Å². The topological polar surface area (TPSA) is 63.1 Å². The fourth-order valence-corrected chi connectivity index (χ4v) is 3.14. The molecule has 3 aromatic rings. The molecule has 1 aromatic heterocycles. The summed E-state index contributed by atoms with van der Waals surface area (Å²) in [6, 6.07) is 18.2. The van der Waals surface area contributed by atoms with Crippen molar-refractivity contribution in [2.24, 2.45) is 0 Å². The number of amides is 1. The second kappa shape index (κ2) is 9.17. The molecule has 0 spiro atoms. The van der Waals surface area contributed by atoms with Crippen molar-refractivity contribution in [3.8, 4) is 11.4 Å². The van der Waals surface area contributed by atoms with Gasteiger partial charge in [-0.15, -0.1) is 0 Å². The van der Waals surface area contributed by atoms with Crippen molar-refractivity contribution >= 4 is 11.6 Å². The van der Waals surface area contributed by atoms with Crippen molar-refractivity contribution in [3.05, 3.63) is 66.0 Å². The molecular weight excluding hydrogens is 350 g/mol. The first kappa shape index (κ1) is 19.6. The number of hydrogen-bond donors (Lipinski definition) is 1. The lowest BCUT2D eigenvalue weighted by molar-refractivity contribution is -0.121. The molecule has 6 nitrogen and oxygen atoms in total. The Hall–Kier alpha value is -3.15. The molecule has 1 amide bonds. The summed E-state index contributed by atoms with van der Waals surface area (Å²) in [5.41, 5.74) is 3.29. The first-order valence-corrected chi connectivity index (χ1v) is 9.55. The van der Waals surface area contributed by atoms with Gasteiger partial charge in [-0.05, 0) is 38.0 Å². The zero-order valence-corrected chi connectivity index (χ0v) is 16.7. The lowest BCUT2D eigenvalue weighted by atomic mass is 10.1. The van der Waals surface area contributed by atoms with E-state index in [0.717, 1.165) is 29.9 Å².